The van der Waals surface area contributed by atoms with Gasteiger partial charge in [0.1, 0.15) is 5.75 Å². The van der Waals surface area contributed by atoms with Crippen molar-refractivity contribution in [2.45, 2.75) is 19.4 Å². The monoisotopic (exact) mass is 299 g/mol. The third kappa shape index (κ3) is 2.62. The minimum Gasteiger partial charge on any atom is -0.508 e. The molecule has 0 saturated heterocycles. The van der Waals surface area contributed by atoms with Crippen molar-refractivity contribution in [1.82, 2.24) is 5.32 Å². The van der Waals surface area contributed by atoms with Crippen molar-refractivity contribution in [1.29, 1.82) is 0 Å². The van der Waals surface area contributed by atoms with Crippen LogP contribution in [0.5, 0.6) is 17.2 Å². The zero-order valence-electron chi connectivity index (χ0n) is 12.9. The summed E-state index contributed by atoms with van der Waals surface area (Å²) in [6, 6.07) is 11.6. The van der Waals surface area contributed by atoms with E-state index in [9.17, 15) is 5.11 Å². The number of rotatable bonds is 4. The Hall–Kier alpha value is -2.20. The molecule has 0 aromatic heterocycles. The zero-order chi connectivity index (χ0) is 15.5. The van der Waals surface area contributed by atoms with E-state index in [0.717, 1.165) is 30.0 Å². The Balaban J connectivity index is 2.09. The van der Waals surface area contributed by atoms with Crippen LogP contribution in [0.1, 0.15) is 29.7 Å². The fourth-order valence-electron chi connectivity index (χ4n) is 3.05. The van der Waals surface area contributed by atoms with Crippen molar-refractivity contribution in [2.75, 3.05) is 20.3 Å². The number of hydrogen-bond donors (Lipinski definition) is 2. The summed E-state index contributed by atoms with van der Waals surface area (Å²) in [6.45, 7) is 3.42. The number of ether oxygens (including phenoxy) is 2. The summed E-state index contributed by atoms with van der Waals surface area (Å²) in [4.78, 5) is 0. The molecule has 0 spiro atoms. The zero-order valence-corrected chi connectivity index (χ0v) is 12.9. The summed E-state index contributed by atoms with van der Waals surface area (Å²) < 4.78 is 11.3. The number of methoxy groups -OCH3 is 1. The molecule has 1 atom stereocenters. The minimum absolute atomic E-state index is 0.0426. The van der Waals surface area contributed by atoms with Gasteiger partial charge in [0.25, 0.3) is 0 Å². The van der Waals surface area contributed by atoms with E-state index >= 15 is 0 Å². The molecule has 0 saturated carbocycles. The van der Waals surface area contributed by atoms with E-state index in [1.54, 1.807) is 13.2 Å². The first-order chi connectivity index (χ1) is 10.7. The molecule has 116 valence electrons. The van der Waals surface area contributed by atoms with Crippen LogP contribution < -0.4 is 14.8 Å². The van der Waals surface area contributed by atoms with Gasteiger partial charge in [0.05, 0.1) is 19.8 Å². The summed E-state index contributed by atoms with van der Waals surface area (Å²) in [6.07, 6.45) is 0.911. The highest BCUT2D eigenvalue weighted by Gasteiger charge is 2.25. The third-order valence-corrected chi connectivity index (χ3v) is 4.01. The van der Waals surface area contributed by atoms with Crippen LogP contribution in [0.15, 0.2) is 36.4 Å². The van der Waals surface area contributed by atoms with E-state index in [2.05, 4.69) is 11.4 Å². The molecule has 1 aliphatic rings. The molecule has 22 heavy (non-hydrogen) atoms. The topological polar surface area (TPSA) is 50.7 Å². The van der Waals surface area contributed by atoms with Gasteiger partial charge in [-0.1, -0.05) is 18.2 Å². The fourth-order valence-corrected chi connectivity index (χ4v) is 3.05. The maximum atomic E-state index is 9.70. The lowest BCUT2D eigenvalue weighted by Crippen LogP contribution is -2.30. The number of benzene rings is 2. The third-order valence-electron chi connectivity index (χ3n) is 4.01. The van der Waals surface area contributed by atoms with E-state index < -0.39 is 0 Å². The van der Waals surface area contributed by atoms with Crippen molar-refractivity contribution in [3.05, 3.63) is 53.1 Å². The molecule has 2 aromatic rings. The van der Waals surface area contributed by atoms with Crippen LogP contribution in [0.25, 0.3) is 0 Å². The van der Waals surface area contributed by atoms with Crippen molar-refractivity contribution in [2.24, 2.45) is 0 Å². The van der Waals surface area contributed by atoms with Gasteiger partial charge in [-0.25, -0.2) is 0 Å². The van der Waals surface area contributed by atoms with E-state index in [0.29, 0.717) is 12.4 Å². The molecule has 1 heterocycles. The first-order valence-electron chi connectivity index (χ1n) is 7.59. The average Bonchev–Trinajstić information content (AvgIpc) is 2.54. The van der Waals surface area contributed by atoms with Crippen LogP contribution in [0.2, 0.25) is 0 Å². The Kier molecular flexibility index (Phi) is 4.20. The molecule has 4 heteroatoms. The van der Waals surface area contributed by atoms with Gasteiger partial charge in [-0.05, 0) is 42.7 Å². The molecular weight excluding hydrogens is 278 g/mol. The van der Waals surface area contributed by atoms with Crippen LogP contribution in [-0.4, -0.2) is 25.4 Å². The number of aromatic hydroxyl groups is 1. The second-order valence-electron chi connectivity index (χ2n) is 5.33. The van der Waals surface area contributed by atoms with Crippen molar-refractivity contribution in [3.8, 4) is 17.2 Å². The van der Waals surface area contributed by atoms with Crippen LogP contribution >= 0.6 is 0 Å². The molecule has 1 aliphatic heterocycles. The molecule has 0 bridgehead atoms. The molecule has 2 aromatic carbocycles. The summed E-state index contributed by atoms with van der Waals surface area (Å²) in [5.41, 5.74) is 3.42. The standard InChI is InChI=1S/C18H21NO3/c1-3-22-18-15(5-4-6-16(18)21-2)17-14-8-7-13(20)11-12(14)9-10-19-17/h4-8,11,17,19-20H,3,9-10H2,1-2H3. The van der Waals surface area contributed by atoms with Gasteiger partial charge in [0.2, 0.25) is 0 Å². The second kappa shape index (κ2) is 6.28. The van der Waals surface area contributed by atoms with E-state index in [1.165, 1.54) is 11.1 Å². The SMILES string of the molecule is CCOc1c(OC)cccc1C1NCCc2cc(O)ccc21. The van der Waals surface area contributed by atoms with Gasteiger partial charge in [0, 0.05) is 12.1 Å². The van der Waals surface area contributed by atoms with Crippen LogP contribution in [0, 0.1) is 0 Å². The molecular formula is C18H21NO3. The predicted molar refractivity (Wildman–Crippen MR) is 85.8 cm³/mol. The van der Waals surface area contributed by atoms with Gasteiger partial charge in [-0.15, -0.1) is 0 Å². The van der Waals surface area contributed by atoms with Crippen molar-refractivity contribution in [3.63, 3.8) is 0 Å². The number of fused-ring (bicyclic) bond motifs is 1. The van der Waals surface area contributed by atoms with Gasteiger partial charge >= 0.3 is 0 Å². The Morgan fingerprint density at radius 3 is 2.86 bits per heavy atom. The summed E-state index contributed by atoms with van der Waals surface area (Å²) in [5.74, 6) is 1.84. The van der Waals surface area contributed by atoms with Crippen molar-refractivity contribution < 1.29 is 14.6 Å². The van der Waals surface area contributed by atoms with Crippen LogP contribution in [-0.2, 0) is 6.42 Å². The fraction of sp³-hybridized carbons (Fsp3) is 0.333. The van der Waals surface area contributed by atoms with E-state index in [4.69, 9.17) is 9.47 Å². The Labute approximate surface area is 130 Å². The summed E-state index contributed by atoms with van der Waals surface area (Å²) >= 11 is 0. The highest BCUT2D eigenvalue weighted by Crippen LogP contribution is 2.40. The van der Waals surface area contributed by atoms with Gasteiger partial charge < -0.3 is 19.9 Å². The lowest BCUT2D eigenvalue weighted by Gasteiger charge is -2.29. The second-order valence-corrected chi connectivity index (χ2v) is 5.33. The largest absolute Gasteiger partial charge is 0.508 e. The first kappa shape index (κ1) is 14.7. The highest BCUT2D eigenvalue weighted by atomic mass is 16.5. The normalized spacial score (nSPS) is 16.9. The molecule has 0 aliphatic carbocycles. The molecule has 4 nitrogen and oxygen atoms in total. The summed E-state index contributed by atoms with van der Waals surface area (Å²) in [5, 5.41) is 13.2. The number of nitrogens with one attached hydrogen (secondary N) is 1. The predicted octanol–water partition coefficient (Wildman–Crippen LogP) is 3.03. The smallest absolute Gasteiger partial charge is 0.166 e. The molecule has 1 unspecified atom stereocenters. The minimum atomic E-state index is 0.0426. The Morgan fingerprint density at radius 2 is 2.09 bits per heavy atom. The first-order valence-corrected chi connectivity index (χ1v) is 7.59. The quantitative estimate of drug-likeness (QED) is 0.911. The van der Waals surface area contributed by atoms with Crippen LogP contribution in [0.3, 0.4) is 0 Å². The van der Waals surface area contributed by atoms with Gasteiger partial charge in [-0.3, -0.25) is 0 Å². The maximum Gasteiger partial charge on any atom is 0.166 e. The lowest BCUT2D eigenvalue weighted by atomic mass is 9.89. The molecule has 2 N–H and O–H groups in total. The molecule has 0 fully saturated rings. The molecule has 3 rings (SSSR count). The lowest BCUT2D eigenvalue weighted by molar-refractivity contribution is 0.304. The maximum absolute atomic E-state index is 9.70. The van der Waals surface area contributed by atoms with E-state index in [-0.39, 0.29) is 6.04 Å². The van der Waals surface area contributed by atoms with Crippen molar-refractivity contribution >= 4 is 0 Å². The number of phenolic OH excluding ortho intramolecular Hbond substituents is 1. The highest BCUT2D eigenvalue weighted by molar-refractivity contribution is 5.53. The Bertz CT molecular complexity index is 669. The average molecular weight is 299 g/mol. The molecule has 0 amide bonds. The Morgan fingerprint density at radius 1 is 1.23 bits per heavy atom. The summed E-state index contributed by atoms with van der Waals surface area (Å²) in [7, 11) is 1.65. The van der Waals surface area contributed by atoms with Crippen LogP contribution in [0.4, 0.5) is 0 Å². The van der Waals surface area contributed by atoms with Gasteiger partial charge in [0.15, 0.2) is 11.5 Å². The van der Waals surface area contributed by atoms with E-state index in [1.807, 2.05) is 31.2 Å². The molecule has 0 radical (unpaired) electrons. The number of para-hydroxylation sites is 1. The number of phenols is 1. The number of hydrogen-bond acceptors (Lipinski definition) is 4. The van der Waals surface area contributed by atoms with Gasteiger partial charge in [-0.2, -0.15) is 0 Å².